The molecule has 2 saturated heterocycles. The topological polar surface area (TPSA) is 6.48 Å². The van der Waals surface area contributed by atoms with Gasteiger partial charge in [-0.2, -0.15) is 0 Å². The van der Waals surface area contributed by atoms with Crippen molar-refractivity contribution in [2.45, 2.75) is 32.1 Å². The lowest BCUT2D eigenvalue weighted by Gasteiger charge is -2.30. The predicted octanol–water partition coefficient (Wildman–Crippen LogP) is 1.81. The minimum Gasteiger partial charge on any atom is -0.306 e. The van der Waals surface area contributed by atoms with Crippen molar-refractivity contribution >= 4 is 0 Å². The quantitative estimate of drug-likeness (QED) is 0.679. The van der Waals surface area contributed by atoms with Crippen LogP contribution in [0, 0.1) is 5.92 Å². The van der Waals surface area contributed by atoms with Crippen LogP contribution in [0.5, 0.6) is 0 Å². The zero-order chi connectivity index (χ0) is 9.80. The van der Waals surface area contributed by atoms with Gasteiger partial charge in [-0.15, -0.1) is 0 Å². The average Bonchev–Trinajstić information content (AvgIpc) is 2.70. The summed E-state index contributed by atoms with van der Waals surface area (Å²) in [5, 5.41) is 0. The molecule has 0 atom stereocenters. The zero-order valence-electron chi connectivity index (χ0n) is 9.54. The molecule has 0 unspecified atom stereocenters. The number of hydrogen-bond donors (Lipinski definition) is 0. The maximum Gasteiger partial charge on any atom is -0.00161 e. The van der Waals surface area contributed by atoms with E-state index in [-0.39, 0.29) is 0 Å². The summed E-state index contributed by atoms with van der Waals surface area (Å²) >= 11 is 0. The van der Waals surface area contributed by atoms with Crippen LogP contribution >= 0.6 is 0 Å². The molecule has 2 heteroatoms. The molecule has 2 heterocycles. The molecule has 2 aliphatic heterocycles. The first-order chi connectivity index (χ1) is 6.84. The molecule has 0 aromatic rings. The van der Waals surface area contributed by atoms with Crippen LogP contribution < -0.4 is 0 Å². The standard InChI is InChI=1S/C12H24N2/c1-13-9-4-12(5-10-13)6-11-14-7-2-3-8-14/h12H,2-11H2,1H3. The molecule has 0 radical (unpaired) electrons. The highest BCUT2D eigenvalue weighted by atomic mass is 15.1. The van der Waals surface area contributed by atoms with Gasteiger partial charge in [-0.1, -0.05) is 0 Å². The largest absolute Gasteiger partial charge is 0.306 e. The summed E-state index contributed by atoms with van der Waals surface area (Å²) in [6, 6.07) is 0. The lowest BCUT2D eigenvalue weighted by atomic mass is 9.94. The fourth-order valence-corrected chi connectivity index (χ4v) is 2.72. The first kappa shape index (κ1) is 10.4. The van der Waals surface area contributed by atoms with Crippen LogP contribution in [0.4, 0.5) is 0 Å². The van der Waals surface area contributed by atoms with Gasteiger partial charge in [0.05, 0.1) is 0 Å². The third kappa shape index (κ3) is 2.96. The Morgan fingerprint density at radius 3 is 2.29 bits per heavy atom. The SMILES string of the molecule is CN1CCC(CCN2CCCC2)CC1. The minimum absolute atomic E-state index is 1.02. The van der Waals surface area contributed by atoms with E-state index < -0.39 is 0 Å². The van der Waals surface area contributed by atoms with Crippen molar-refractivity contribution in [3.8, 4) is 0 Å². The van der Waals surface area contributed by atoms with Crippen LogP contribution in [0.1, 0.15) is 32.1 Å². The highest BCUT2D eigenvalue weighted by Gasteiger charge is 2.18. The maximum atomic E-state index is 2.65. The minimum atomic E-state index is 1.02. The third-order valence-corrected chi connectivity index (χ3v) is 3.89. The summed E-state index contributed by atoms with van der Waals surface area (Å²) in [6.07, 6.45) is 7.20. The van der Waals surface area contributed by atoms with Gasteiger partial charge in [0.2, 0.25) is 0 Å². The summed E-state index contributed by atoms with van der Waals surface area (Å²) < 4.78 is 0. The summed E-state index contributed by atoms with van der Waals surface area (Å²) in [5.74, 6) is 1.02. The molecule has 2 nitrogen and oxygen atoms in total. The molecule has 0 aliphatic carbocycles. The number of piperidine rings is 1. The fourth-order valence-electron chi connectivity index (χ4n) is 2.72. The van der Waals surface area contributed by atoms with E-state index in [4.69, 9.17) is 0 Å². The van der Waals surface area contributed by atoms with Gasteiger partial charge < -0.3 is 9.80 Å². The number of rotatable bonds is 3. The Balaban J connectivity index is 1.60. The molecule has 2 aliphatic rings. The fraction of sp³-hybridized carbons (Fsp3) is 1.00. The van der Waals surface area contributed by atoms with Gasteiger partial charge in [0, 0.05) is 0 Å². The van der Waals surface area contributed by atoms with Gasteiger partial charge in [0.25, 0.3) is 0 Å². The maximum absolute atomic E-state index is 2.65. The predicted molar refractivity (Wildman–Crippen MR) is 60.5 cm³/mol. The zero-order valence-corrected chi connectivity index (χ0v) is 9.54. The van der Waals surface area contributed by atoms with Crippen LogP contribution in [-0.2, 0) is 0 Å². The van der Waals surface area contributed by atoms with E-state index in [0.717, 1.165) is 5.92 Å². The van der Waals surface area contributed by atoms with Crippen LogP contribution in [-0.4, -0.2) is 49.6 Å². The summed E-state index contributed by atoms with van der Waals surface area (Å²) in [4.78, 5) is 5.12. The lowest BCUT2D eigenvalue weighted by Crippen LogP contribution is -2.32. The monoisotopic (exact) mass is 196 g/mol. The molecule has 0 N–H and O–H groups in total. The molecular weight excluding hydrogens is 172 g/mol. The van der Waals surface area contributed by atoms with Gasteiger partial charge in [-0.25, -0.2) is 0 Å². The van der Waals surface area contributed by atoms with Crippen molar-refractivity contribution in [2.75, 3.05) is 39.8 Å². The van der Waals surface area contributed by atoms with E-state index in [1.807, 2.05) is 0 Å². The molecule has 82 valence electrons. The van der Waals surface area contributed by atoms with Crippen molar-refractivity contribution < 1.29 is 0 Å². The van der Waals surface area contributed by atoms with Crippen LogP contribution in [0.25, 0.3) is 0 Å². The van der Waals surface area contributed by atoms with Crippen LogP contribution in [0.2, 0.25) is 0 Å². The first-order valence-electron chi connectivity index (χ1n) is 6.25. The molecule has 0 aromatic carbocycles. The summed E-state index contributed by atoms with van der Waals surface area (Å²) in [6.45, 7) is 6.75. The van der Waals surface area contributed by atoms with Gasteiger partial charge in [-0.3, -0.25) is 0 Å². The Morgan fingerprint density at radius 2 is 1.64 bits per heavy atom. The van der Waals surface area contributed by atoms with Crippen molar-refractivity contribution in [2.24, 2.45) is 5.92 Å². The molecule has 0 bridgehead atoms. The van der Waals surface area contributed by atoms with Gasteiger partial charge in [-0.05, 0) is 77.8 Å². The Labute approximate surface area is 88.3 Å². The van der Waals surface area contributed by atoms with Crippen molar-refractivity contribution in [3.05, 3.63) is 0 Å². The molecule has 2 fully saturated rings. The van der Waals surface area contributed by atoms with E-state index in [9.17, 15) is 0 Å². The number of nitrogens with zero attached hydrogens (tertiary/aromatic N) is 2. The van der Waals surface area contributed by atoms with E-state index in [1.54, 1.807) is 0 Å². The van der Waals surface area contributed by atoms with E-state index in [1.165, 1.54) is 64.8 Å². The van der Waals surface area contributed by atoms with Crippen LogP contribution in [0.3, 0.4) is 0 Å². The van der Waals surface area contributed by atoms with Crippen molar-refractivity contribution in [1.82, 2.24) is 9.80 Å². The van der Waals surface area contributed by atoms with E-state index in [2.05, 4.69) is 16.8 Å². The Morgan fingerprint density at radius 1 is 1.00 bits per heavy atom. The Kier molecular flexibility index (Phi) is 3.82. The Bertz CT molecular complexity index is 156. The van der Waals surface area contributed by atoms with Gasteiger partial charge >= 0.3 is 0 Å². The molecule has 0 spiro atoms. The second-order valence-electron chi connectivity index (χ2n) is 5.08. The average molecular weight is 196 g/mol. The molecule has 2 rings (SSSR count). The second kappa shape index (κ2) is 5.13. The third-order valence-electron chi connectivity index (χ3n) is 3.89. The summed E-state index contributed by atoms with van der Waals surface area (Å²) in [7, 11) is 2.25. The molecular formula is C12H24N2. The Hall–Kier alpha value is -0.0800. The molecule has 0 saturated carbocycles. The molecule has 0 aromatic heterocycles. The molecule has 14 heavy (non-hydrogen) atoms. The summed E-state index contributed by atoms with van der Waals surface area (Å²) in [5.41, 5.74) is 0. The first-order valence-corrected chi connectivity index (χ1v) is 6.25. The highest BCUT2D eigenvalue weighted by molar-refractivity contribution is 4.73. The smallest absolute Gasteiger partial charge is 0.00161 e. The second-order valence-corrected chi connectivity index (χ2v) is 5.08. The van der Waals surface area contributed by atoms with Crippen molar-refractivity contribution in [3.63, 3.8) is 0 Å². The van der Waals surface area contributed by atoms with Gasteiger partial charge in [0.15, 0.2) is 0 Å². The van der Waals surface area contributed by atoms with Gasteiger partial charge in [0.1, 0.15) is 0 Å². The molecule has 0 amide bonds. The lowest BCUT2D eigenvalue weighted by molar-refractivity contribution is 0.195. The van der Waals surface area contributed by atoms with E-state index in [0.29, 0.717) is 0 Å². The van der Waals surface area contributed by atoms with E-state index >= 15 is 0 Å². The highest BCUT2D eigenvalue weighted by Crippen LogP contribution is 2.20. The number of likely N-dealkylation sites (tertiary alicyclic amines) is 2. The normalized spacial score (nSPS) is 27.2. The van der Waals surface area contributed by atoms with Crippen LogP contribution in [0.15, 0.2) is 0 Å². The number of hydrogen-bond acceptors (Lipinski definition) is 2. The van der Waals surface area contributed by atoms with Crippen molar-refractivity contribution in [1.29, 1.82) is 0 Å².